The van der Waals surface area contributed by atoms with E-state index in [2.05, 4.69) is 10.1 Å². The SMILES string of the molecule is CC(C)(C)[C@H](NC(=O)C1=C(OCc2ccc(OC(F)(F)F)cc2)C2SC(Cl)=CC2C=C1)C(=O)O. The van der Waals surface area contributed by atoms with Crippen LogP contribution in [0.4, 0.5) is 13.2 Å². The van der Waals surface area contributed by atoms with Gasteiger partial charge in [0, 0.05) is 5.92 Å². The molecule has 1 amide bonds. The van der Waals surface area contributed by atoms with Gasteiger partial charge in [0.05, 0.1) is 15.2 Å². The van der Waals surface area contributed by atoms with Crippen molar-refractivity contribution in [1.29, 1.82) is 0 Å². The van der Waals surface area contributed by atoms with Crippen LogP contribution < -0.4 is 10.1 Å². The first kappa shape index (κ1) is 26.0. The first-order valence-corrected chi connectivity index (χ1v) is 11.5. The Labute approximate surface area is 203 Å². The molecule has 3 atom stereocenters. The van der Waals surface area contributed by atoms with E-state index in [1.807, 2.05) is 6.08 Å². The maximum Gasteiger partial charge on any atom is 0.573 e. The Morgan fingerprint density at radius 1 is 1.21 bits per heavy atom. The Morgan fingerprint density at radius 3 is 2.41 bits per heavy atom. The molecule has 0 saturated heterocycles. The summed E-state index contributed by atoms with van der Waals surface area (Å²) in [5.41, 5.74) is -0.0221. The molecule has 0 fully saturated rings. The Morgan fingerprint density at radius 2 is 1.85 bits per heavy atom. The van der Waals surface area contributed by atoms with Crippen molar-refractivity contribution in [3.8, 4) is 5.75 Å². The van der Waals surface area contributed by atoms with Crippen LogP contribution in [0.3, 0.4) is 0 Å². The van der Waals surface area contributed by atoms with Crippen molar-refractivity contribution in [2.75, 3.05) is 0 Å². The smallest absolute Gasteiger partial charge is 0.491 e. The molecule has 34 heavy (non-hydrogen) atoms. The third-order valence-electron chi connectivity index (χ3n) is 5.11. The van der Waals surface area contributed by atoms with E-state index in [1.54, 1.807) is 32.9 Å². The molecule has 1 aromatic rings. The van der Waals surface area contributed by atoms with Gasteiger partial charge in [0.1, 0.15) is 24.2 Å². The molecule has 1 aliphatic carbocycles. The fourth-order valence-electron chi connectivity index (χ4n) is 3.46. The van der Waals surface area contributed by atoms with Crippen LogP contribution in [0.25, 0.3) is 0 Å². The molecule has 0 saturated carbocycles. The molecule has 0 aromatic heterocycles. The summed E-state index contributed by atoms with van der Waals surface area (Å²) in [6.45, 7) is 5.07. The summed E-state index contributed by atoms with van der Waals surface area (Å²) in [6, 6.07) is 4.04. The number of fused-ring (bicyclic) bond motifs is 1. The number of allylic oxidation sites excluding steroid dienone is 2. The van der Waals surface area contributed by atoms with E-state index < -0.39 is 29.7 Å². The summed E-state index contributed by atoms with van der Waals surface area (Å²) < 4.78 is 47.5. The molecule has 0 spiro atoms. The van der Waals surface area contributed by atoms with Gasteiger partial charge in [-0.3, -0.25) is 4.79 Å². The van der Waals surface area contributed by atoms with Gasteiger partial charge in [-0.25, -0.2) is 4.79 Å². The van der Waals surface area contributed by atoms with Crippen LogP contribution in [0.2, 0.25) is 0 Å². The highest BCUT2D eigenvalue weighted by atomic mass is 35.5. The van der Waals surface area contributed by atoms with Gasteiger partial charge >= 0.3 is 12.3 Å². The van der Waals surface area contributed by atoms with E-state index in [0.717, 1.165) is 0 Å². The van der Waals surface area contributed by atoms with Crippen LogP contribution in [-0.2, 0) is 20.9 Å². The quantitative estimate of drug-likeness (QED) is 0.507. The predicted molar refractivity (Wildman–Crippen MR) is 122 cm³/mol. The fraction of sp³-hybridized carbons (Fsp3) is 0.391. The third-order valence-corrected chi connectivity index (χ3v) is 6.64. The van der Waals surface area contributed by atoms with Crippen LogP contribution >= 0.6 is 23.4 Å². The number of aliphatic carboxylic acids is 1. The second-order valence-electron chi connectivity index (χ2n) is 8.81. The molecule has 0 radical (unpaired) electrons. The molecular formula is C23H23ClF3NO5S. The standard InChI is InChI=1S/C23H23ClF3NO5S/c1-22(2,3)19(21(30)31)28-20(29)15-9-6-13-10-16(24)34-18(13)17(15)32-11-12-4-7-14(8-5-12)33-23(25,26)27/h4-10,13,18-19H,11H2,1-3H3,(H,28,29)(H,30,31)/t13?,18?,19-/m1/s1. The molecule has 3 rings (SSSR count). The van der Waals surface area contributed by atoms with Gasteiger partial charge in [-0.05, 0) is 29.2 Å². The number of hydrogen-bond acceptors (Lipinski definition) is 5. The number of ether oxygens (including phenoxy) is 2. The van der Waals surface area contributed by atoms with E-state index in [-0.39, 0.29) is 29.1 Å². The summed E-state index contributed by atoms with van der Waals surface area (Å²) in [7, 11) is 0. The van der Waals surface area contributed by atoms with Crippen molar-refractivity contribution in [1.82, 2.24) is 5.32 Å². The highest BCUT2D eigenvalue weighted by molar-refractivity contribution is 8.05. The van der Waals surface area contributed by atoms with Crippen molar-refractivity contribution in [2.45, 2.75) is 45.0 Å². The first-order valence-electron chi connectivity index (χ1n) is 10.2. The number of carbonyl (C=O) groups excluding carboxylic acids is 1. The number of hydrogen-bond donors (Lipinski definition) is 2. The predicted octanol–water partition coefficient (Wildman–Crippen LogP) is 5.35. The van der Waals surface area contributed by atoms with Gasteiger partial charge < -0.3 is 19.9 Å². The Bertz CT molecular complexity index is 1040. The van der Waals surface area contributed by atoms with E-state index in [1.165, 1.54) is 36.0 Å². The number of halogens is 4. The fourth-order valence-corrected chi connectivity index (χ4v) is 5.00. The maximum atomic E-state index is 13.1. The van der Waals surface area contributed by atoms with Crippen molar-refractivity contribution < 1.29 is 37.3 Å². The number of carbonyl (C=O) groups is 2. The molecular weight excluding hydrogens is 495 g/mol. The van der Waals surface area contributed by atoms with Gasteiger partial charge in [-0.1, -0.05) is 56.7 Å². The van der Waals surface area contributed by atoms with Crippen molar-refractivity contribution in [3.63, 3.8) is 0 Å². The van der Waals surface area contributed by atoms with E-state index in [0.29, 0.717) is 15.7 Å². The minimum Gasteiger partial charge on any atom is -0.491 e. The Balaban J connectivity index is 1.83. The maximum absolute atomic E-state index is 13.1. The van der Waals surface area contributed by atoms with Gasteiger partial charge in [0.25, 0.3) is 5.91 Å². The van der Waals surface area contributed by atoms with Crippen LogP contribution in [0, 0.1) is 11.3 Å². The lowest BCUT2D eigenvalue weighted by Gasteiger charge is -2.30. The van der Waals surface area contributed by atoms with Crippen LogP contribution in [0.1, 0.15) is 26.3 Å². The normalized spacial score (nSPS) is 21.0. The molecule has 0 bridgehead atoms. The zero-order chi connectivity index (χ0) is 25.3. The molecule has 2 aliphatic rings. The highest BCUT2D eigenvalue weighted by Crippen LogP contribution is 2.46. The van der Waals surface area contributed by atoms with Gasteiger partial charge in [0.15, 0.2) is 0 Å². The number of thioether (sulfide) groups is 1. The van der Waals surface area contributed by atoms with Crippen molar-refractivity contribution >= 4 is 35.2 Å². The number of benzene rings is 1. The van der Waals surface area contributed by atoms with Crippen LogP contribution in [0.5, 0.6) is 5.75 Å². The minimum absolute atomic E-state index is 0.0325. The van der Waals surface area contributed by atoms with Crippen LogP contribution in [-0.4, -0.2) is 34.6 Å². The second kappa shape index (κ2) is 9.95. The summed E-state index contributed by atoms with van der Waals surface area (Å²) in [6.07, 6.45) is 0.399. The molecule has 1 aromatic carbocycles. The number of amides is 1. The zero-order valence-electron chi connectivity index (χ0n) is 18.5. The summed E-state index contributed by atoms with van der Waals surface area (Å²) in [4.78, 5) is 24.8. The molecule has 1 heterocycles. The second-order valence-corrected chi connectivity index (χ2v) is 10.6. The molecule has 2 N–H and O–H groups in total. The molecule has 11 heteroatoms. The number of nitrogens with one attached hydrogen (secondary N) is 1. The number of rotatable bonds is 7. The monoisotopic (exact) mass is 517 g/mol. The van der Waals surface area contributed by atoms with E-state index >= 15 is 0 Å². The molecule has 1 aliphatic heterocycles. The largest absolute Gasteiger partial charge is 0.573 e. The van der Waals surface area contributed by atoms with E-state index in [4.69, 9.17) is 16.3 Å². The topological polar surface area (TPSA) is 84.9 Å². The Hall–Kier alpha value is -2.59. The number of carboxylic acid groups (broad SMARTS) is 1. The lowest BCUT2D eigenvalue weighted by atomic mass is 9.86. The summed E-state index contributed by atoms with van der Waals surface area (Å²) >= 11 is 7.49. The van der Waals surface area contributed by atoms with Crippen molar-refractivity contribution in [2.24, 2.45) is 11.3 Å². The zero-order valence-corrected chi connectivity index (χ0v) is 20.1. The number of alkyl halides is 3. The molecule has 184 valence electrons. The van der Waals surface area contributed by atoms with Crippen LogP contribution in [0.15, 0.2) is 58.2 Å². The van der Waals surface area contributed by atoms with Gasteiger partial charge in [-0.15, -0.1) is 24.9 Å². The van der Waals surface area contributed by atoms with Crippen molar-refractivity contribution in [3.05, 3.63) is 63.8 Å². The molecule has 2 unspecified atom stereocenters. The average Bonchev–Trinajstić information content (AvgIpc) is 3.09. The first-order chi connectivity index (χ1) is 15.7. The van der Waals surface area contributed by atoms with Gasteiger partial charge in [0.2, 0.25) is 0 Å². The third kappa shape index (κ3) is 6.50. The minimum atomic E-state index is -4.79. The van der Waals surface area contributed by atoms with E-state index in [9.17, 15) is 27.9 Å². The van der Waals surface area contributed by atoms with Gasteiger partial charge in [-0.2, -0.15) is 0 Å². The Kier molecular flexibility index (Phi) is 7.62. The molecule has 6 nitrogen and oxygen atoms in total. The highest BCUT2D eigenvalue weighted by Gasteiger charge is 2.39. The lowest BCUT2D eigenvalue weighted by Crippen LogP contribution is -2.49. The lowest BCUT2D eigenvalue weighted by molar-refractivity contribution is -0.274. The summed E-state index contributed by atoms with van der Waals surface area (Å²) in [5, 5.41) is 11.8. The number of carboxylic acids is 1. The summed E-state index contributed by atoms with van der Waals surface area (Å²) in [5.74, 6) is -1.94. The average molecular weight is 518 g/mol.